The highest BCUT2D eigenvalue weighted by Gasteiger charge is 2.12. The molecule has 7 heteroatoms. The van der Waals surface area contributed by atoms with Gasteiger partial charge in [0.15, 0.2) is 11.5 Å². The third-order valence-corrected chi connectivity index (χ3v) is 4.78. The molecular weight excluding hydrogens is 394 g/mol. The largest absolute Gasteiger partial charge is 0.493 e. The fourth-order valence-electron chi connectivity index (χ4n) is 2.85. The molecule has 1 heterocycles. The van der Waals surface area contributed by atoms with E-state index in [2.05, 4.69) is 24.1 Å². The van der Waals surface area contributed by atoms with E-state index in [9.17, 15) is 4.79 Å². The number of benzene rings is 2. The molecule has 0 aliphatic heterocycles. The number of hydrogen-bond donors (Lipinski definition) is 1. The number of nitrogens with zero attached hydrogens (tertiary/aromatic N) is 2. The minimum atomic E-state index is -0.228. The number of nitrogens with one attached hydrogen (secondary N) is 1. The van der Waals surface area contributed by atoms with Crippen molar-refractivity contribution in [3.05, 3.63) is 66.2 Å². The van der Waals surface area contributed by atoms with Crippen LogP contribution in [-0.4, -0.2) is 29.2 Å². The topological polar surface area (TPSA) is 74.6 Å². The number of anilines is 1. The van der Waals surface area contributed by atoms with E-state index < -0.39 is 0 Å². The van der Waals surface area contributed by atoms with Gasteiger partial charge in [-0.3, -0.25) is 4.79 Å². The number of aromatic nitrogens is 2. The number of imidazole rings is 1. The van der Waals surface area contributed by atoms with Crippen LogP contribution in [0.1, 0.15) is 36.5 Å². The van der Waals surface area contributed by atoms with Crippen LogP contribution in [0.5, 0.6) is 17.2 Å². The Balaban J connectivity index is 1.58. The van der Waals surface area contributed by atoms with Crippen LogP contribution in [0, 0.1) is 5.92 Å². The number of aryl methyl sites for hydroxylation is 1. The Labute approximate surface area is 183 Å². The first kappa shape index (κ1) is 22.2. The van der Waals surface area contributed by atoms with Crippen LogP contribution >= 0.6 is 0 Å². The van der Waals surface area contributed by atoms with Crippen LogP contribution in [-0.2, 0) is 13.7 Å². The Kier molecular flexibility index (Phi) is 7.54. The molecule has 1 amide bonds. The summed E-state index contributed by atoms with van der Waals surface area (Å²) < 4.78 is 18.8. The van der Waals surface area contributed by atoms with Gasteiger partial charge in [0.05, 0.1) is 13.7 Å². The summed E-state index contributed by atoms with van der Waals surface area (Å²) in [6.45, 7) is 5.27. The lowest BCUT2D eigenvalue weighted by Gasteiger charge is -2.13. The minimum Gasteiger partial charge on any atom is -0.493 e. The average molecular weight is 424 g/mol. The maximum atomic E-state index is 12.7. The van der Waals surface area contributed by atoms with Crippen molar-refractivity contribution in [3.8, 4) is 17.2 Å². The molecule has 1 aromatic heterocycles. The van der Waals surface area contributed by atoms with E-state index in [1.807, 2.05) is 29.9 Å². The van der Waals surface area contributed by atoms with Crippen LogP contribution in [0.25, 0.3) is 0 Å². The monoisotopic (exact) mass is 423 g/mol. The second-order valence-corrected chi connectivity index (χ2v) is 7.62. The van der Waals surface area contributed by atoms with Crippen LogP contribution in [0.2, 0.25) is 0 Å². The summed E-state index contributed by atoms with van der Waals surface area (Å²) in [7, 11) is 3.49. The molecule has 0 saturated carbocycles. The molecule has 0 atom stereocenters. The van der Waals surface area contributed by atoms with Gasteiger partial charge in [-0.05, 0) is 54.8 Å². The van der Waals surface area contributed by atoms with Gasteiger partial charge in [0.2, 0.25) is 0 Å². The van der Waals surface area contributed by atoms with Crippen molar-refractivity contribution in [2.24, 2.45) is 13.0 Å². The highest BCUT2D eigenvalue weighted by atomic mass is 16.5. The smallest absolute Gasteiger partial charge is 0.255 e. The van der Waals surface area contributed by atoms with Gasteiger partial charge in [-0.2, -0.15) is 0 Å². The van der Waals surface area contributed by atoms with E-state index in [-0.39, 0.29) is 5.91 Å². The molecule has 0 unspecified atom stereocenters. The molecule has 0 spiro atoms. The van der Waals surface area contributed by atoms with E-state index >= 15 is 0 Å². The number of methoxy groups -OCH3 is 1. The lowest BCUT2D eigenvalue weighted by Crippen LogP contribution is -2.12. The number of hydrogen-bond acceptors (Lipinski definition) is 5. The zero-order valence-corrected chi connectivity index (χ0v) is 18.4. The lowest BCUT2D eigenvalue weighted by atomic mass is 10.1. The van der Waals surface area contributed by atoms with Crippen molar-refractivity contribution < 1.29 is 19.0 Å². The first-order valence-electron chi connectivity index (χ1n) is 10.3. The molecule has 0 fully saturated rings. The fourth-order valence-corrected chi connectivity index (χ4v) is 2.85. The first-order chi connectivity index (χ1) is 15.0. The summed E-state index contributed by atoms with van der Waals surface area (Å²) in [6, 6.07) is 12.4. The van der Waals surface area contributed by atoms with E-state index in [1.165, 1.54) is 0 Å². The predicted octanol–water partition coefficient (Wildman–Crippen LogP) is 4.68. The van der Waals surface area contributed by atoms with Crippen molar-refractivity contribution in [1.29, 1.82) is 0 Å². The molecule has 7 nitrogen and oxygen atoms in total. The Morgan fingerprint density at radius 1 is 1.10 bits per heavy atom. The van der Waals surface area contributed by atoms with E-state index in [0.717, 1.165) is 12.2 Å². The Morgan fingerprint density at radius 3 is 2.52 bits per heavy atom. The highest BCUT2D eigenvalue weighted by molar-refractivity contribution is 6.04. The van der Waals surface area contributed by atoms with Gasteiger partial charge >= 0.3 is 0 Å². The van der Waals surface area contributed by atoms with Crippen molar-refractivity contribution in [1.82, 2.24) is 9.55 Å². The van der Waals surface area contributed by atoms with Gasteiger partial charge in [-0.15, -0.1) is 0 Å². The maximum Gasteiger partial charge on any atom is 0.255 e. The van der Waals surface area contributed by atoms with Crippen LogP contribution in [0.3, 0.4) is 0 Å². The SMILES string of the molecule is COc1cc(C(=O)Nc2ccc(OCc3nccn3C)cc2)ccc1OCCC(C)C. The van der Waals surface area contributed by atoms with Gasteiger partial charge in [0.1, 0.15) is 18.2 Å². The van der Waals surface area contributed by atoms with Crippen molar-refractivity contribution in [2.75, 3.05) is 19.0 Å². The quantitative estimate of drug-likeness (QED) is 0.512. The predicted molar refractivity (Wildman–Crippen MR) is 120 cm³/mol. The van der Waals surface area contributed by atoms with Gasteiger partial charge in [-0.25, -0.2) is 4.98 Å². The van der Waals surface area contributed by atoms with Crippen molar-refractivity contribution in [2.45, 2.75) is 26.9 Å². The third kappa shape index (κ3) is 6.25. The highest BCUT2D eigenvalue weighted by Crippen LogP contribution is 2.29. The molecule has 3 aromatic rings. The summed E-state index contributed by atoms with van der Waals surface area (Å²) in [4.78, 5) is 16.9. The number of rotatable bonds is 10. The normalized spacial score (nSPS) is 10.7. The average Bonchev–Trinajstić information content (AvgIpc) is 3.17. The van der Waals surface area contributed by atoms with Gasteiger partial charge < -0.3 is 24.1 Å². The van der Waals surface area contributed by atoms with Gasteiger partial charge in [0.25, 0.3) is 5.91 Å². The molecule has 0 aliphatic carbocycles. The van der Waals surface area contributed by atoms with E-state index in [4.69, 9.17) is 14.2 Å². The summed E-state index contributed by atoms with van der Waals surface area (Å²) >= 11 is 0. The molecule has 0 radical (unpaired) electrons. The molecule has 0 aliphatic rings. The van der Waals surface area contributed by atoms with Crippen LogP contribution in [0.4, 0.5) is 5.69 Å². The van der Waals surface area contributed by atoms with Crippen LogP contribution < -0.4 is 19.5 Å². The van der Waals surface area contributed by atoms with Crippen molar-refractivity contribution >= 4 is 11.6 Å². The lowest BCUT2D eigenvalue weighted by molar-refractivity contribution is 0.102. The van der Waals surface area contributed by atoms with Gasteiger partial charge in [-0.1, -0.05) is 13.8 Å². The first-order valence-corrected chi connectivity index (χ1v) is 10.3. The molecule has 0 bridgehead atoms. The molecule has 3 rings (SSSR count). The second kappa shape index (κ2) is 10.5. The zero-order chi connectivity index (χ0) is 22.2. The number of carbonyl (C=O) groups excluding carboxylic acids is 1. The summed E-state index contributed by atoms with van der Waals surface area (Å²) in [5, 5.41) is 2.89. The van der Waals surface area contributed by atoms with E-state index in [1.54, 1.807) is 43.6 Å². The fraction of sp³-hybridized carbons (Fsp3) is 0.333. The summed E-state index contributed by atoms with van der Waals surface area (Å²) in [5.74, 6) is 3.04. The second-order valence-electron chi connectivity index (χ2n) is 7.62. The zero-order valence-electron chi connectivity index (χ0n) is 18.4. The minimum absolute atomic E-state index is 0.228. The standard InChI is InChI=1S/C24H29N3O4/c1-17(2)11-14-30-21-10-5-18(15-22(21)29-4)24(28)26-19-6-8-20(9-7-19)31-16-23-25-12-13-27(23)3/h5-10,12-13,15,17H,11,14,16H2,1-4H3,(H,26,28). The summed E-state index contributed by atoms with van der Waals surface area (Å²) in [5.41, 5.74) is 1.16. The Hall–Kier alpha value is -3.48. The molecule has 31 heavy (non-hydrogen) atoms. The molecule has 2 aromatic carbocycles. The molecule has 0 saturated heterocycles. The van der Waals surface area contributed by atoms with E-state index in [0.29, 0.717) is 47.6 Å². The third-order valence-electron chi connectivity index (χ3n) is 4.78. The number of ether oxygens (including phenoxy) is 3. The molecule has 1 N–H and O–H groups in total. The van der Waals surface area contributed by atoms with Gasteiger partial charge in [0, 0.05) is 30.7 Å². The molecule has 164 valence electrons. The van der Waals surface area contributed by atoms with Crippen molar-refractivity contribution in [3.63, 3.8) is 0 Å². The Bertz CT molecular complexity index is 996. The maximum absolute atomic E-state index is 12.7. The van der Waals surface area contributed by atoms with Crippen LogP contribution in [0.15, 0.2) is 54.9 Å². The number of amides is 1. The summed E-state index contributed by atoms with van der Waals surface area (Å²) in [6.07, 6.45) is 4.56. The Morgan fingerprint density at radius 2 is 1.87 bits per heavy atom. The molecular formula is C24H29N3O4. The number of carbonyl (C=O) groups is 1.